The van der Waals surface area contributed by atoms with E-state index >= 15 is 0 Å². The van der Waals surface area contributed by atoms with Gasteiger partial charge in [0.1, 0.15) is 11.4 Å². The molecule has 3 atom stereocenters. The first-order valence-corrected chi connectivity index (χ1v) is 6.61. The smallest absolute Gasteiger partial charge is 0.326 e. The molecule has 1 aliphatic heterocycles. The molecule has 0 saturated carbocycles. The summed E-state index contributed by atoms with van der Waals surface area (Å²) in [6.45, 7) is 1.66. The Kier molecular flexibility index (Phi) is 4.00. The monoisotopic (exact) mass is 295 g/mol. The molecular formula is C15H18FNO4. The topological polar surface area (TPSA) is 66.8 Å². The van der Waals surface area contributed by atoms with Gasteiger partial charge < -0.3 is 9.84 Å². The molecule has 1 fully saturated rings. The summed E-state index contributed by atoms with van der Waals surface area (Å²) in [5.41, 5.74) is -0.351. The summed E-state index contributed by atoms with van der Waals surface area (Å²) in [5.74, 6) is -2.60. The summed E-state index contributed by atoms with van der Waals surface area (Å²) in [4.78, 5) is 25.3. The number of ether oxygens (including phenoxy) is 1. The Morgan fingerprint density at radius 1 is 1.38 bits per heavy atom. The van der Waals surface area contributed by atoms with E-state index in [0.717, 1.165) is 0 Å². The molecule has 6 heteroatoms. The van der Waals surface area contributed by atoms with Crippen molar-refractivity contribution in [2.75, 3.05) is 14.2 Å². The summed E-state index contributed by atoms with van der Waals surface area (Å²) in [5, 5.41) is 9.45. The zero-order chi connectivity index (χ0) is 15.8. The van der Waals surface area contributed by atoms with E-state index in [9.17, 15) is 19.1 Å². The Morgan fingerprint density at radius 3 is 2.43 bits per heavy atom. The van der Waals surface area contributed by atoms with Crippen LogP contribution in [0.4, 0.5) is 4.39 Å². The van der Waals surface area contributed by atoms with Crippen LogP contribution in [0.5, 0.6) is 0 Å². The second-order valence-electron chi connectivity index (χ2n) is 5.52. The maximum atomic E-state index is 13.1. The van der Waals surface area contributed by atoms with Crippen LogP contribution in [0.25, 0.3) is 0 Å². The fourth-order valence-corrected chi connectivity index (χ4v) is 3.05. The normalized spacial score (nSPS) is 29.3. The Hall–Kier alpha value is -1.95. The minimum Gasteiger partial charge on any atom is -0.481 e. The van der Waals surface area contributed by atoms with E-state index in [4.69, 9.17) is 4.74 Å². The predicted octanol–water partition coefficient (Wildman–Crippen LogP) is 1.83. The minimum absolute atomic E-state index is 0.146. The van der Waals surface area contributed by atoms with Crippen molar-refractivity contribution in [2.45, 2.75) is 24.9 Å². The SMILES string of the molecule is COC(=O)[C@]1(C)C[C@H](C(=O)O)[C@H](c2ccc(F)cc2)N1C. The lowest BCUT2D eigenvalue weighted by Gasteiger charge is -2.32. The number of likely N-dealkylation sites (tertiary alicyclic amines) is 1. The van der Waals surface area contributed by atoms with Gasteiger partial charge in [-0.25, -0.2) is 4.39 Å². The van der Waals surface area contributed by atoms with Crippen molar-refractivity contribution >= 4 is 11.9 Å². The van der Waals surface area contributed by atoms with Crippen LogP contribution in [-0.2, 0) is 14.3 Å². The molecule has 1 heterocycles. The molecule has 0 spiro atoms. The number of benzene rings is 1. The summed E-state index contributed by atoms with van der Waals surface area (Å²) in [6, 6.07) is 5.17. The third-order valence-corrected chi connectivity index (χ3v) is 4.35. The number of esters is 1. The van der Waals surface area contributed by atoms with Crippen LogP contribution in [0, 0.1) is 11.7 Å². The van der Waals surface area contributed by atoms with Gasteiger partial charge in [-0.05, 0) is 38.1 Å². The van der Waals surface area contributed by atoms with Crippen molar-refractivity contribution in [1.82, 2.24) is 4.90 Å². The first-order valence-electron chi connectivity index (χ1n) is 6.61. The molecule has 1 aliphatic rings. The molecule has 2 rings (SSSR count). The van der Waals surface area contributed by atoms with Crippen LogP contribution in [0.15, 0.2) is 24.3 Å². The highest BCUT2D eigenvalue weighted by atomic mass is 19.1. The first kappa shape index (κ1) is 15.4. The summed E-state index contributed by atoms with van der Waals surface area (Å²) >= 11 is 0. The van der Waals surface area contributed by atoms with Gasteiger partial charge in [-0.1, -0.05) is 12.1 Å². The average Bonchev–Trinajstić information content (AvgIpc) is 2.73. The van der Waals surface area contributed by atoms with E-state index in [1.165, 1.54) is 19.2 Å². The number of carbonyl (C=O) groups excluding carboxylic acids is 1. The number of carboxylic acid groups (broad SMARTS) is 1. The molecule has 21 heavy (non-hydrogen) atoms. The molecule has 0 aromatic heterocycles. The minimum atomic E-state index is -1.02. The molecule has 114 valence electrons. The van der Waals surface area contributed by atoms with E-state index in [-0.39, 0.29) is 12.2 Å². The maximum absolute atomic E-state index is 13.1. The van der Waals surface area contributed by atoms with Crippen LogP contribution in [0.3, 0.4) is 0 Å². The number of carbonyl (C=O) groups is 2. The number of nitrogens with zero attached hydrogens (tertiary/aromatic N) is 1. The second-order valence-corrected chi connectivity index (χ2v) is 5.52. The van der Waals surface area contributed by atoms with E-state index in [1.54, 1.807) is 31.0 Å². The fraction of sp³-hybridized carbons (Fsp3) is 0.467. The summed E-state index contributed by atoms with van der Waals surface area (Å²) in [6.07, 6.45) is 0.146. The molecule has 1 N–H and O–H groups in total. The van der Waals surface area contributed by atoms with E-state index in [0.29, 0.717) is 5.56 Å². The van der Waals surface area contributed by atoms with Crippen LogP contribution < -0.4 is 0 Å². The zero-order valence-corrected chi connectivity index (χ0v) is 12.2. The summed E-state index contributed by atoms with van der Waals surface area (Å²) < 4.78 is 17.9. The largest absolute Gasteiger partial charge is 0.481 e. The van der Waals surface area contributed by atoms with Crippen molar-refractivity contribution in [3.8, 4) is 0 Å². The summed E-state index contributed by atoms with van der Waals surface area (Å²) in [7, 11) is 2.97. The lowest BCUT2D eigenvalue weighted by Crippen LogP contribution is -2.47. The molecule has 0 radical (unpaired) electrons. The lowest BCUT2D eigenvalue weighted by molar-refractivity contribution is -0.152. The van der Waals surface area contributed by atoms with Gasteiger partial charge >= 0.3 is 11.9 Å². The Bertz CT molecular complexity index is 559. The van der Waals surface area contributed by atoms with Gasteiger partial charge in [-0.2, -0.15) is 0 Å². The van der Waals surface area contributed by atoms with Crippen molar-refractivity contribution in [1.29, 1.82) is 0 Å². The van der Waals surface area contributed by atoms with Crippen LogP contribution in [0.2, 0.25) is 0 Å². The van der Waals surface area contributed by atoms with Gasteiger partial charge in [-0.3, -0.25) is 14.5 Å². The quantitative estimate of drug-likeness (QED) is 0.862. The van der Waals surface area contributed by atoms with E-state index < -0.39 is 29.4 Å². The number of halogens is 1. The lowest BCUT2D eigenvalue weighted by atomic mass is 9.90. The number of carboxylic acids is 1. The highest BCUT2D eigenvalue weighted by Crippen LogP contribution is 2.46. The number of rotatable bonds is 3. The molecular weight excluding hydrogens is 277 g/mol. The highest BCUT2D eigenvalue weighted by molar-refractivity contribution is 5.83. The van der Waals surface area contributed by atoms with Crippen LogP contribution in [-0.4, -0.2) is 41.6 Å². The van der Waals surface area contributed by atoms with Gasteiger partial charge in [0, 0.05) is 6.04 Å². The second kappa shape index (κ2) is 5.44. The Labute approximate surface area is 122 Å². The van der Waals surface area contributed by atoms with Crippen molar-refractivity contribution < 1.29 is 23.8 Å². The van der Waals surface area contributed by atoms with Gasteiger partial charge in [0.05, 0.1) is 13.0 Å². The van der Waals surface area contributed by atoms with Gasteiger partial charge in [-0.15, -0.1) is 0 Å². The van der Waals surface area contributed by atoms with Crippen LogP contribution >= 0.6 is 0 Å². The molecule has 0 aliphatic carbocycles. The number of hydrogen-bond acceptors (Lipinski definition) is 4. The third-order valence-electron chi connectivity index (χ3n) is 4.35. The Balaban J connectivity index is 2.44. The molecule has 1 saturated heterocycles. The van der Waals surface area contributed by atoms with E-state index in [2.05, 4.69) is 0 Å². The van der Waals surface area contributed by atoms with Crippen molar-refractivity contribution in [3.05, 3.63) is 35.6 Å². The zero-order valence-electron chi connectivity index (χ0n) is 12.2. The van der Waals surface area contributed by atoms with Gasteiger partial charge in [0.15, 0.2) is 0 Å². The predicted molar refractivity (Wildman–Crippen MR) is 73.1 cm³/mol. The van der Waals surface area contributed by atoms with Gasteiger partial charge in [0.2, 0.25) is 0 Å². The van der Waals surface area contributed by atoms with E-state index in [1.807, 2.05) is 0 Å². The standard InChI is InChI=1S/C15H18FNO4/c1-15(14(20)21-3)8-11(13(18)19)12(17(15)2)9-4-6-10(16)7-5-9/h4-7,11-12H,8H2,1-3H3,(H,18,19)/t11-,12-,15-/m0/s1. The van der Waals surface area contributed by atoms with Crippen LogP contribution in [0.1, 0.15) is 24.9 Å². The molecule has 5 nitrogen and oxygen atoms in total. The molecule has 0 unspecified atom stereocenters. The van der Waals surface area contributed by atoms with Crippen molar-refractivity contribution in [2.24, 2.45) is 5.92 Å². The molecule has 1 aromatic rings. The highest BCUT2D eigenvalue weighted by Gasteiger charge is 2.55. The molecule has 1 aromatic carbocycles. The van der Waals surface area contributed by atoms with Crippen molar-refractivity contribution in [3.63, 3.8) is 0 Å². The average molecular weight is 295 g/mol. The number of hydrogen-bond donors (Lipinski definition) is 1. The fourth-order valence-electron chi connectivity index (χ4n) is 3.05. The molecule has 0 amide bonds. The number of aliphatic carboxylic acids is 1. The number of likely N-dealkylation sites (N-methyl/N-ethyl adjacent to an activating group) is 1. The third kappa shape index (κ3) is 2.51. The van der Waals surface area contributed by atoms with Gasteiger partial charge in [0.25, 0.3) is 0 Å². The maximum Gasteiger partial charge on any atom is 0.326 e. The first-order chi connectivity index (χ1) is 9.81. The number of methoxy groups -OCH3 is 1. The Morgan fingerprint density at radius 2 is 1.95 bits per heavy atom. The molecule has 0 bridgehead atoms.